The number of benzene rings is 1. The Morgan fingerprint density at radius 3 is 2.73 bits per heavy atom. The van der Waals surface area contributed by atoms with Crippen LogP contribution in [0.4, 0.5) is 0 Å². The minimum Gasteiger partial charge on any atom is -0.460 e. The number of aliphatic imine (C=N–C) groups is 1. The first-order valence-corrected chi connectivity index (χ1v) is 10.9. The fourth-order valence-electron chi connectivity index (χ4n) is 5.10. The van der Waals surface area contributed by atoms with Gasteiger partial charge in [0.1, 0.15) is 12.4 Å². The van der Waals surface area contributed by atoms with Crippen molar-refractivity contribution in [2.24, 2.45) is 16.3 Å². The van der Waals surface area contributed by atoms with Gasteiger partial charge in [0, 0.05) is 30.4 Å². The predicted molar refractivity (Wildman–Crippen MR) is 116 cm³/mol. The van der Waals surface area contributed by atoms with E-state index in [9.17, 15) is 9.59 Å². The summed E-state index contributed by atoms with van der Waals surface area (Å²) in [4.78, 5) is 31.3. The lowest BCUT2D eigenvalue weighted by molar-refractivity contribution is -0.142. The molecule has 1 unspecified atom stereocenters. The second-order valence-corrected chi connectivity index (χ2v) is 9.69. The lowest BCUT2D eigenvalue weighted by atomic mass is 9.63. The molecule has 1 saturated heterocycles. The van der Waals surface area contributed by atoms with E-state index < -0.39 is 5.92 Å². The van der Waals surface area contributed by atoms with Crippen LogP contribution in [-0.2, 0) is 19.1 Å². The molecular formula is C25H31NO4. The fourth-order valence-corrected chi connectivity index (χ4v) is 5.10. The molecule has 0 aromatic heterocycles. The minimum absolute atomic E-state index is 0.0351. The maximum atomic E-state index is 13.3. The Hall–Kier alpha value is -2.27. The zero-order valence-corrected chi connectivity index (χ0v) is 18.4. The van der Waals surface area contributed by atoms with Gasteiger partial charge in [0.2, 0.25) is 0 Å². The van der Waals surface area contributed by atoms with Gasteiger partial charge in [0.05, 0.1) is 17.6 Å². The van der Waals surface area contributed by atoms with Crippen molar-refractivity contribution in [3.05, 3.63) is 46.7 Å². The van der Waals surface area contributed by atoms with Crippen LogP contribution in [0.1, 0.15) is 63.5 Å². The number of Topliss-reactive ketones (excluding diaryl/α,β-unsaturated/α-hetero) is 1. The molecule has 4 rings (SSSR count). The number of carbonyl (C=O) groups excluding carboxylic acids is 2. The maximum absolute atomic E-state index is 13.3. The second-order valence-electron chi connectivity index (χ2n) is 9.69. The van der Waals surface area contributed by atoms with E-state index in [1.165, 1.54) is 0 Å². The maximum Gasteiger partial charge on any atom is 0.336 e. The first-order valence-electron chi connectivity index (χ1n) is 10.9. The highest BCUT2D eigenvalue weighted by molar-refractivity contribution is 6.12. The monoisotopic (exact) mass is 409 g/mol. The number of rotatable bonds is 4. The summed E-state index contributed by atoms with van der Waals surface area (Å²) in [7, 11) is 0. The van der Waals surface area contributed by atoms with E-state index in [0.717, 1.165) is 42.7 Å². The summed E-state index contributed by atoms with van der Waals surface area (Å²) in [5, 5.41) is 0. The first-order chi connectivity index (χ1) is 14.2. The molecule has 1 aromatic rings. The van der Waals surface area contributed by atoms with Crippen LogP contribution in [0.25, 0.3) is 0 Å². The fraction of sp³-hybridized carbons (Fsp3) is 0.560. The second kappa shape index (κ2) is 8.10. The van der Waals surface area contributed by atoms with Crippen LogP contribution >= 0.6 is 0 Å². The van der Waals surface area contributed by atoms with Gasteiger partial charge >= 0.3 is 5.97 Å². The number of hydrogen-bond donors (Lipinski definition) is 0. The molecule has 1 aromatic carbocycles. The van der Waals surface area contributed by atoms with Crippen LogP contribution in [0.15, 0.2) is 40.5 Å². The van der Waals surface area contributed by atoms with Gasteiger partial charge in [0.15, 0.2) is 0 Å². The molecule has 0 bridgehead atoms. The van der Waals surface area contributed by atoms with Gasteiger partial charge in [-0.25, -0.2) is 4.79 Å². The predicted octanol–water partition coefficient (Wildman–Crippen LogP) is 4.53. The van der Waals surface area contributed by atoms with Gasteiger partial charge in [-0.3, -0.25) is 9.79 Å². The summed E-state index contributed by atoms with van der Waals surface area (Å²) in [5.41, 5.74) is 4.04. The number of ether oxygens (including phenoxy) is 2. The van der Waals surface area contributed by atoms with Gasteiger partial charge in [-0.2, -0.15) is 0 Å². The molecule has 0 radical (unpaired) electrons. The summed E-state index contributed by atoms with van der Waals surface area (Å²) in [6, 6.07) is 8.09. The number of hydrogen-bond acceptors (Lipinski definition) is 5. The van der Waals surface area contributed by atoms with Crippen molar-refractivity contribution in [2.75, 3.05) is 13.2 Å². The van der Waals surface area contributed by atoms with E-state index in [1.807, 2.05) is 32.0 Å². The molecule has 30 heavy (non-hydrogen) atoms. The number of nitrogens with zero attached hydrogens (tertiary/aromatic N) is 1. The lowest BCUT2D eigenvalue weighted by Gasteiger charge is -2.41. The van der Waals surface area contributed by atoms with E-state index in [-0.39, 0.29) is 35.8 Å². The van der Waals surface area contributed by atoms with E-state index in [2.05, 4.69) is 19.9 Å². The van der Waals surface area contributed by atoms with Gasteiger partial charge in [-0.05, 0) is 44.1 Å². The van der Waals surface area contributed by atoms with Crippen LogP contribution in [-0.4, -0.2) is 36.8 Å². The van der Waals surface area contributed by atoms with Crippen molar-refractivity contribution in [3.63, 3.8) is 0 Å². The molecule has 2 fully saturated rings. The number of carbonyl (C=O) groups is 2. The van der Waals surface area contributed by atoms with Gasteiger partial charge < -0.3 is 9.47 Å². The number of fused-ring (bicyclic) bond motifs is 1. The quantitative estimate of drug-likeness (QED) is 0.685. The zero-order valence-electron chi connectivity index (χ0n) is 18.4. The third-order valence-corrected chi connectivity index (χ3v) is 6.41. The molecule has 1 saturated carbocycles. The summed E-state index contributed by atoms with van der Waals surface area (Å²) in [6.07, 6.45) is 3.13. The molecule has 2 aliphatic heterocycles. The Labute approximate surface area is 178 Å². The summed E-state index contributed by atoms with van der Waals surface area (Å²) in [5.74, 6) is -0.963. The summed E-state index contributed by atoms with van der Waals surface area (Å²) < 4.78 is 11.3. The Bertz CT molecular complexity index is 921. The number of aryl methyl sites for hydroxylation is 1. The Morgan fingerprint density at radius 2 is 2.03 bits per heavy atom. The highest BCUT2D eigenvalue weighted by Gasteiger charge is 2.47. The van der Waals surface area contributed by atoms with E-state index in [4.69, 9.17) is 14.5 Å². The van der Waals surface area contributed by atoms with Crippen LogP contribution in [0.2, 0.25) is 0 Å². The molecule has 0 amide bonds. The number of ketones is 1. The van der Waals surface area contributed by atoms with Crippen molar-refractivity contribution in [3.8, 4) is 0 Å². The van der Waals surface area contributed by atoms with E-state index in [0.29, 0.717) is 17.7 Å². The van der Waals surface area contributed by atoms with Crippen molar-refractivity contribution in [1.82, 2.24) is 0 Å². The van der Waals surface area contributed by atoms with E-state index >= 15 is 0 Å². The van der Waals surface area contributed by atoms with Gasteiger partial charge in [0.25, 0.3) is 0 Å². The topological polar surface area (TPSA) is 65.0 Å². The van der Waals surface area contributed by atoms with Crippen LogP contribution in [0, 0.1) is 18.3 Å². The Balaban J connectivity index is 1.72. The lowest BCUT2D eigenvalue weighted by Crippen LogP contribution is -2.44. The zero-order chi connectivity index (χ0) is 21.5. The highest BCUT2D eigenvalue weighted by atomic mass is 16.6. The number of allylic oxidation sites excluding steroid dienone is 1. The van der Waals surface area contributed by atoms with Crippen LogP contribution in [0.3, 0.4) is 0 Å². The van der Waals surface area contributed by atoms with E-state index in [1.54, 1.807) is 0 Å². The molecule has 0 spiro atoms. The Morgan fingerprint density at radius 1 is 1.23 bits per heavy atom. The molecule has 160 valence electrons. The molecule has 2 heterocycles. The van der Waals surface area contributed by atoms with Crippen LogP contribution < -0.4 is 0 Å². The van der Waals surface area contributed by atoms with Crippen molar-refractivity contribution >= 4 is 17.5 Å². The molecule has 0 N–H and O–H groups in total. The molecule has 1 aliphatic carbocycles. The van der Waals surface area contributed by atoms with Gasteiger partial charge in [-0.1, -0.05) is 43.7 Å². The molecule has 3 atom stereocenters. The largest absolute Gasteiger partial charge is 0.460 e. The summed E-state index contributed by atoms with van der Waals surface area (Å²) >= 11 is 0. The third-order valence-electron chi connectivity index (χ3n) is 6.41. The minimum atomic E-state index is -0.395. The van der Waals surface area contributed by atoms with Crippen molar-refractivity contribution < 1.29 is 19.1 Å². The normalized spacial score (nSPS) is 28.2. The standard InChI is InChI=1S/C25H31NO4/c1-15-7-5-8-17(11-15)22-21(24(28)30-14-18-9-6-10-29-18)16(2)26-19-12-25(3,4)13-20(27)23(19)22/h5,7-8,11,18,22-23H,6,9-10,12-14H2,1-4H3/t18-,22-,23?/m1/s1. The average molecular weight is 410 g/mol. The SMILES string of the molecule is CC1=C(C(=O)OC[C@H]2CCCO2)[C@@H](c2cccc(C)c2)C2C(=O)CC(C)(C)CC2=N1. The van der Waals surface area contributed by atoms with Crippen LogP contribution in [0.5, 0.6) is 0 Å². The molecule has 3 aliphatic rings. The van der Waals surface area contributed by atoms with Crippen molar-refractivity contribution in [2.45, 2.75) is 65.4 Å². The third kappa shape index (κ3) is 4.13. The molecular weight excluding hydrogens is 378 g/mol. The number of esters is 1. The van der Waals surface area contributed by atoms with Crippen molar-refractivity contribution in [1.29, 1.82) is 0 Å². The highest BCUT2D eigenvalue weighted by Crippen LogP contribution is 2.47. The average Bonchev–Trinajstić information content (AvgIpc) is 3.17. The molecule has 5 heteroatoms. The summed E-state index contributed by atoms with van der Waals surface area (Å²) in [6.45, 7) is 9.07. The van der Waals surface area contributed by atoms with Gasteiger partial charge in [-0.15, -0.1) is 0 Å². The Kier molecular flexibility index (Phi) is 5.67. The first kappa shape index (κ1) is 21.0. The molecule has 5 nitrogen and oxygen atoms in total. The smallest absolute Gasteiger partial charge is 0.336 e.